The summed E-state index contributed by atoms with van der Waals surface area (Å²) in [5.74, 6) is 1.84. The van der Waals surface area contributed by atoms with E-state index in [9.17, 15) is 5.11 Å². The van der Waals surface area contributed by atoms with Crippen LogP contribution in [0.25, 0.3) is 0 Å². The molecule has 88 valence electrons. The third-order valence-electron chi connectivity index (χ3n) is 3.11. The Morgan fingerprint density at radius 1 is 1.50 bits per heavy atom. The molecule has 16 heavy (non-hydrogen) atoms. The van der Waals surface area contributed by atoms with E-state index in [2.05, 4.69) is 12.2 Å². The molecule has 1 aliphatic carbocycles. The van der Waals surface area contributed by atoms with Gasteiger partial charge in [-0.1, -0.05) is 6.07 Å². The van der Waals surface area contributed by atoms with Gasteiger partial charge in [-0.15, -0.1) is 0 Å². The number of rotatable bonds is 5. The van der Waals surface area contributed by atoms with E-state index >= 15 is 0 Å². The second-order valence-electron chi connectivity index (χ2n) is 4.50. The van der Waals surface area contributed by atoms with Crippen LogP contribution in [-0.4, -0.2) is 18.8 Å². The highest BCUT2D eigenvalue weighted by Gasteiger charge is 2.22. The minimum Gasteiger partial charge on any atom is -0.507 e. The van der Waals surface area contributed by atoms with Crippen LogP contribution in [0.4, 0.5) is 0 Å². The number of benzene rings is 1. The van der Waals surface area contributed by atoms with E-state index in [1.54, 1.807) is 13.2 Å². The van der Waals surface area contributed by atoms with Crippen LogP contribution >= 0.6 is 0 Å². The Labute approximate surface area is 96.4 Å². The molecule has 1 fully saturated rings. The van der Waals surface area contributed by atoms with Crippen molar-refractivity contribution in [2.45, 2.75) is 25.8 Å². The molecule has 0 spiro atoms. The number of ether oxygens (including phenoxy) is 1. The molecule has 0 radical (unpaired) electrons. The predicted octanol–water partition coefficient (Wildman–Crippen LogP) is 2.46. The van der Waals surface area contributed by atoms with Crippen LogP contribution in [0.2, 0.25) is 0 Å². The molecular weight excluding hydrogens is 202 g/mol. The fourth-order valence-electron chi connectivity index (χ4n) is 1.79. The molecule has 0 bridgehead atoms. The zero-order valence-electron chi connectivity index (χ0n) is 9.86. The number of hydrogen-bond acceptors (Lipinski definition) is 3. The van der Waals surface area contributed by atoms with Gasteiger partial charge >= 0.3 is 0 Å². The van der Waals surface area contributed by atoms with Crippen LogP contribution in [-0.2, 0) is 0 Å². The maximum absolute atomic E-state index is 9.85. The molecule has 0 amide bonds. The fraction of sp³-hybridized carbons (Fsp3) is 0.538. The summed E-state index contributed by atoms with van der Waals surface area (Å²) < 4.78 is 5.06. The number of phenols is 1. The van der Waals surface area contributed by atoms with Crippen LogP contribution in [0.5, 0.6) is 11.5 Å². The second kappa shape index (κ2) is 4.74. The Morgan fingerprint density at radius 2 is 2.25 bits per heavy atom. The molecule has 3 heteroatoms. The number of methoxy groups -OCH3 is 1. The van der Waals surface area contributed by atoms with Crippen molar-refractivity contribution < 1.29 is 9.84 Å². The molecule has 1 unspecified atom stereocenters. The highest BCUT2D eigenvalue weighted by molar-refractivity contribution is 5.41. The third kappa shape index (κ3) is 2.67. The lowest BCUT2D eigenvalue weighted by molar-refractivity contribution is 0.403. The summed E-state index contributed by atoms with van der Waals surface area (Å²) in [6.45, 7) is 3.12. The van der Waals surface area contributed by atoms with Crippen LogP contribution < -0.4 is 10.1 Å². The Balaban J connectivity index is 2.00. The van der Waals surface area contributed by atoms with Crippen LogP contribution in [0, 0.1) is 5.92 Å². The highest BCUT2D eigenvalue weighted by Crippen LogP contribution is 2.31. The molecule has 1 saturated carbocycles. The van der Waals surface area contributed by atoms with Crippen LogP contribution in [0.1, 0.15) is 31.4 Å². The summed E-state index contributed by atoms with van der Waals surface area (Å²) in [5.41, 5.74) is 0.932. The maximum Gasteiger partial charge on any atom is 0.124 e. The van der Waals surface area contributed by atoms with E-state index in [4.69, 9.17) is 4.74 Å². The SMILES string of the molecule is COc1ccc(C(C)NCC2CC2)c(O)c1. The Morgan fingerprint density at radius 3 is 2.81 bits per heavy atom. The minimum absolute atomic E-state index is 0.187. The van der Waals surface area contributed by atoms with Gasteiger partial charge in [0, 0.05) is 17.7 Å². The Bertz CT molecular complexity index is 361. The van der Waals surface area contributed by atoms with Gasteiger partial charge in [0.05, 0.1) is 7.11 Å². The van der Waals surface area contributed by atoms with Crippen molar-refractivity contribution in [2.24, 2.45) is 5.92 Å². The Kier molecular flexibility index (Phi) is 3.34. The first-order valence-corrected chi connectivity index (χ1v) is 5.81. The molecule has 1 aromatic carbocycles. The zero-order chi connectivity index (χ0) is 11.5. The van der Waals surface area contributed by atoms with Gasteiger partial charge in [0.25, 0.3) is 0 Å². The lowest BCUT2D eigenvalue weighted by Gasteiger charge is -2.16. The van der Waals surface area contributed by atoms with Gasteiger partial charge in [0.1, 0.15) is 11.5 Å². The molecule has 1 aliphatic rings. The summed E-state index contributed by atoms with van der Waals surface area (Å²) >= 11 is 0. The summed E-state index contributed by atoms with van der Waals surface area (Å²) in [7, 11) is 1.60. The summed E-state index contributed by atoms with van der Waals surface area (Å²) in [6.07, 6.45) is 2.68. The number of nitrogens with one attached hydrogen (secondary N) is 1. The zero-order valence-corrected chi connectivity index (χ0v) is 9.86. The van der Waals surface area contributed by atoms with Crippen molar-refractivity contribution in [1.29, 1.82) is 0 Å². The normalized spacial score (nSPS) is 17.1. The number of phenolic OH excluding ortho intramolecular Hbond substituents is 1. The maximum atomic E-state index is 9.85. The van der Waals surface area contributed by atoms with E-state index in [1.165, 1.54) is 12.8 Å². The second-order valence-corrected chi connectivity index (χ2v) is 4.50. The van der Waals surface area contributed by atoms with Gasteiger partial charge in [-0.2, -0.15) is 0 Å². The largest absolute Gasteiger partial charge is 0.507 e. The molecular formula is C13H19NO2. The quantitative estimate of drug-likeness (QED) is 0.802. The standard InChI is InChI=1S/C13H19NO2/c1-9(14-8-10-3-4-10)12-6-5-11(16-2)7-13(12)15/h5-7,9-10,14-15H,3-4,8H2,1-2H3. The molecule has 0 saturated heterocycles. The summed E-state index contributed by atoms with van der Waals surface area (Å²) in [4.78, 5) is 0. The van der Waals surface area contributed by atoms with Gasteiger partial charge in [0.15, 0.2) is 0 Å². The molecule has 0 aromatic heterocycles. The molecule has 1 atom stereocenters. The molecule has 0 aliphatic heterocycles. The van der Waals surface area contributed by atoms with Crippen LogP contribution in [0.3, 0.4) is 0 Å². The number of aromatic hydroxyl groups is 1. The van der Waals surface area contributed by atoms with E-state index < -0.39 is 0 Å². The lowest BCUT2D eigenvalue weighted by Crippen LogP contribution is -2.21. The van der Waals surface area contributed by atoms with Crippen molar-refractivity contribution in [2.75, 3.05) is 13.7 Å². The van der Waals surface area contributed by atoms with Crippen molar-refractivity contribution in [3.63, 3.8) is 0 Å². The van der Waals surface area contributed by atoms with E-state index in [0.29, 0.717) is 11.5 Å². The first kappa shape index (κ1) is 11.3. The molecule has 3 nitrogen and oxygen atoms in total. The first-order valence-electron chi connectivity index (χ1n) is 5.81. The average Bonchev–Trinajstić information content (AvgIpc) is 3.09. The topological polar surface area (TPSA) is 41.5 Å². The van der Waals surface area contributed by atoms with E-state index in [0.717, 1.165) is 18.0 Å². The van der Waals surface area contributed by atoms with Crippen molar-refractivity contribution in [3.05, 3.63) is 23.8 Å². The third-order valence-corrected chi connectivity index (χ3v) is 3.11. The molecule has 0 heterocycles. The van der Waals surface area contributed by atoms with Crippen molar-refractivity contribution in [3.8, 4) is 11.5 Å². The fourth-order valence-corrected chi connectivity index (χ4v) is 1.79. The lowest BCUT2D eigenvalue weighted by atomic mass is 10.1. The smallest absolute Gasteiger partial charge is 0.124 e. The molecule has 2 rings (SSSR count). The van der Waals surface area contributed by atoms with Crippen LogP contribution in [0.15, 0.2) is 18.2 Å². The Hall–Kier alpha value is -1.22. The van der Waals surface area contributed by atoms with Gasteiger partial charge < -0.3 is 15.2 Å². The van der Waals surface area contributed by atoms with Gasteiger partial charge in [-0.05, 0) is 38.3 Å². The number of hydrogen-bond donors (Lipinski definition) is 2. The minimum atomic E-state index is 0.187. The van der Waals surface area contributed by atoms with E-state index in [1.807, 2.05) is 12.1 Å². The molecule has 1 aromatic rings. The van der Waals surface area contributed by atoms with Gasteiger partial charge in [0.2, 0.25) is 0 Å². The van der Waals surface area contributed by atoms with Crippen molar-refractivity contribution >= 4 is 0 Å². The summed E-state index contributed by atoms with van der Waals surface area (Å²) in [5, 5.41) is 13.3. The average molecular weight is 221 g/mol. The van der Waals surface area contributed by atoms with E-state index in [-0.39, 0.29) is 6.04 Å². The highest BCUT2D eigenvalue weighted by atomic mass is 16.5. The van der Waals surface area contributed by atoms with Gasteiger partial charge in [-0.25, -0.2) is 0 Å². The van der Waals surface area contributed by atoms with Gasteiger partial charge in [-0.3, -0.25) is 0 Å². The molecule has 2 N–H and O–H groups in total. The predicted molar refractivity (Wildman–Crippen MR) is 63.8 cm³/mol. The summed E-state index contributed by atoms with van der Waals surface area (Å²) in [6, 6.07) is 5.64. The first-order chi connectivity index (χ1) is 7.70. The van der Waals surface area contributed by atoms with Crippen molar-refractivity contribution in [1.82, 2.24) is 5.32 Å². The monoisotopic (exact) mass is 221 g/mol.